The standard InChI is InChI=1S/C16H29N7O4/c1-8(13(17)25)21-15(27)12(22-14(26)9(2)20-10(3)24)11-4-6-23(7-5-11)16(18)19/h8-9,11-12H,4-7H2,1-3H3,(H2,17,25)(H3,18,19)(H,20,24)(H,21,27)(H,22,26). The SMILES string of the molecule is CC(=O)NC(C)C(=O)NC(C(=O)NC(C)C(N)=O)C1CCN(C(=N)N)CC1. The molecule has 1 aliphatic heterocycles. The lowest BCUT2D eigenvalue weighted by Gasteiger charge is -2.36. The number of nitrogens with two attached hydrogens (primary N) is 2. The van der Waals surface area contributed by atoms with E-state index in [0.717, 1.165) is 0 Å². The van der Waals surface area contributed by atoms with Gasteiger partial charge in [-0.15, -0.1) is 0 Å². The number of hydrogen-bond acceptors (Lipinski definition) is 5. The molecule has 1 saturated heterocycles. The molecule has 0 bridgehead atoms. The van der Waals surface area contributed by atoms with Crippen LogP contribution >= 0.6 is 0 Å². The molecule has 0 aliphatic carbocycles. The average molecular weight is 383 g/mol. The van der Waals surface area contributed by atoms with E-state index in [9.17, 15) is 19.2 Å². The normalized spacial score (nSPS) is 18.0. The van der Waals surface area contributed by atoms with Gasteiger partial charge in [0, 0.05) is 20.0 Å². The number of likely N-dealkylation sites (tertiary alicyclic amines) is 1. The first-order valence-corrected chi connectivity index (χ1v) is 8.79. The van der Waals surface area contributed by atoms with Crippen molar-refractivity contribution < 1.29 is 19.2 Å². The molecular formula is C16H29N7O4. The summed E-state index contributed by atoms with van der Waals surface area (Å²) in [6.07, 6.45) is 1.05. The minimum absolute atomic E-state index is 0.0416. The zero-order valence-corrected chi connectivity index (χ0v) is 15.9. The molecule has 0 aromatic heterocycles. The van der Waals surface area contributed by atoms with Crippen molar-refractivity contribution in [3.05, 3.63) is 0 Å². The molecule has 1 heterocycles. The van der Waals surface area contributed by atoms with E-state index < -0.39 is 35.8 Å². The number of guanidine groups is 1. The Labute approximate surface area is 158 Å². The highest BCUT2D eigenvalue weighted by molar-refractivity contribution is 5.93. The Bertz CT molecular complexity index is 602. The number of piperidine rings is 1. The fraction of sp³-hybridized carbons (Fsp3) is 0.688. The molecule has 152 valence electrons. The summed E-state index contributed by atoms with van der Waals surface area (Å²) in [7, 11) is 0. The van der Waals surface area contributed by atoms with Gasteiger partial charge in [0.2, 0.25) is 23.6 Å². The van der Waals surface area contributed by atoms with Gasteiger partial charge in [-0.2, -0.15) is 0 Å². The molecule has 3 atom stereocenters. The van der Waals surface area contributed by atoms with Crippen LogP contribution in [0.1, 0.15) is 33.6 Å². The minimum atomic E-state index is -0.899. The van der Waals surface area contributed by atoms with Crippen LogP contribution in [0.15, 0.2) is 0 Å². The van der Waals surface area contributed by atoms with Crippen LogP contribution in [0.3, 0.4) is 0 Å². The van der Waals surface area contributed by atoms with E-state index in [4.69, 9.17) is 16.9 Å². The maximum Gasteiger partial charge on any atom is 0.243 e. The third-order valence-electron chi connectivity index (χ3n) is 4.53. The summed E-state index contributed by atoms with van der Waals surface area (Å²) in [6.45, 7) is 5.21. The van der Waals surface area contributed by atoms with Crippen molar-refractivity contribution in [1.29, 1.82) is 5.41 Å². The molecule has 0 aromatic carbocycles. The second-order valence-corrected chi connectivity index (χ2v) is 6.75. The van der Waals surface area contributed by atoms with Gasteiger partial charge in [-0.05, 0) is 32.6 Å². The molecule has 1 fully saturated rings. The fourth-order valence-electron chi connectivity index (χ4n) is 2.89. The van der Waals surface area contributed by atoms with E-state index in [1.165, 1.54) is 20.8 Å². The number of carbonyl (C=O) groups is 4. The molecule has 0 saturated carbocycles. The molecule has 3 unspecified atom stereocenters. The van der Waals surface area contributed by atoms with Crippen LogP contribution in [0.4, 0.5) is 0 Å². The number of carbonyl (C=O) groups excluding carboxylic acids is 4. The van der Waals surface area contributed by atoms with Crippen molar-refractivity contribution in [2.45, 2.75) is 51.7 Å². The number of hydrogen-bond donors (Lipinski definition) is 6. The Morgan fingerprint density at radius 1 is 0.963 bits per heavy atom. The highest BCUT2D eigenvalue weighted by Gasteiger charge is 2.34. The molecule has 11 heteroatoms. The van der Waals surface area contributed by atoms with Crippen LogP contribution in [0, 0.1) is 11.3 Å². The van der Waals surface area contributed by atoms with Gasteiger partial charge in [0.05, 0.1) is 0 Å². The molecule has 27 heavy (non-hydrogen) atoms. The highest BCUT2D eigenvalue weighted by Crippen LogP contribution is 2.21. The number of rotatable bonds is 7. The van der Waals surface area contributed by atoms with E-state index in [1.807, 2.05) is 0 Å². The van der Waals surface area contributed by atoms with Gasteiger partial charge in [0.15, 0.2) is 5.96 Å². The summed E-state index contributed by atoms with van der Waals surface area (Å²) in [5.74, 6) is -2.34. The van der Waals surface area contributed by atoms with Crippen molar-refractivity contribution in [2.24, 2.45) is 17.4 Å². The summed E-state index contributed by atoms with van der Waals surface area (Å²) < 4.78 is 0. The molecule has 0 aromatic rings. The smallest absolute Gasteiger partial charge is 0.243 e. The first-order valence-electron chi connectivity index (χ1n) is 8.79. The second kappa shape index (κ2) is 9.74. The van der Waals surface area contributed by atoms with E-state index in [2.05, 4.69) is 16.0 Å². The fourth-order valence-corrected chi connectivity index (χ4v) is 2.89. The summed E-state index contributed by atoms with van der Waals surface area (Å²) in [4.78, 5) is 49.1. The molecular weight excluding hydrogens is 354 g/mol. The van der Waals surface area contributed by atoms with Gasteiger partial charge in [0.1, 0.15) is 18.1 Å². The predicted molar refractivity (Wildman–Crippen MR) is 98.2 cm³/mol. The third-order valence-corrected chi connectivity index (χ3v) is 4.53. The van der Waals surface area contributed by atoms with Crippen LogP contribution in [0.2, 0.25) is 0 Å². The first kappa shape index (κ1) is 22.2. The highest BCUT2D eigenvalue weighted by atomic mass is 16.2. The van der Waals surface area contributed by atoms with Crippen molar-refractivity contribution in [2.75, 3.05) is 13.1 Å². The van der Waals surface area contributed by atoms with Crippen molar-refractivity contribution >= 4 is 29.6 Å². The number of amides is 4. The lowest BCUT2D eigenvalue weighted by Crippen LogP contribution is -2.59. The van der Waals surface area contributed by atoms with E-state index in [1.54, 1.807) is 4.90 Å². The Morgan fingerprint density at radius 2 is 1.52 bits per heavy atom. The zero-order chi connectivity index (χ0) is 20.7. The lowest BCUT2D eigenvalue weighted by molar-refractivity contribution is -0.134. The molecule has 0 radical (unpaired) electrons. The minimum Gasteiger partial charge on any atom is -0.370 e. The second-order valence-electron chi connectivity index (χ2n) is 6.75. The first-order chi connectivity index (χ1) is 12.5. The maximum absolute atomic E-state index is 12.7. The van der Waals surface area contributed by atoms with Gasteiger partial charge in [-0.25, -0.2) is 0 Å². The van der Waals surface area contributed by atoms with Gasteiger partial charge < -0.3 is 32.3 Å². The van der Waals surface area contributed by atoms with Crippen molar-refractivity contribution in [1.82, 2.24) is 20.9 Å². The van der Waals surface area contributed by atoms with Crippen molar-refractivity contribution in [3.63, 3.8) is 0 Å². The molecule has 11 nitrogen and oxygen atoms in total. The van der Waals surface area contributed by atoms with Crippen LogP contribution in [-0.4, -0.2) is 65.7 Å². The number of nitrogens with zero attached hydrogens (tertiary/aromatic N) is 1. The van der Waals surface area contributed by atoms with E-state index in [0.29, 0.717) is 25.9 Å². The number of primary amides is 1. The molecule has 8 N–H and O–H groups in total. The van der Waals surface area contributed by atoms with Crippen LogP contribution < -0.4 is 27.4 Å². The summed E-state index contributed by atoms with van der Waals surface area (Å²) >= 11 is 0. The van der Waals surface area contributed by atoms with Gasteiger partial charge in [-0.3, -0.25) is 24.6 Å². The van der Waals surface area contributed by atoms with Gasteiger partial charge in [0.25, 0.3) is 0 Å². The topological polar surface area (TPSA) is 184 Å². The summed E-state index contributed by atoms with van der Waals surface area (Å²) in [5.41, 5.74) is 10.7. The van der Waals surface area contributed by atoms with E-state index >= 15 is 0 Å². The lowest BCUT2D eigenvalue weighted by atomic mass is 9.88. The monoisotopic (exact) mass is 383 g/mol. The van der Waals surface area contributed by atoms with Gasteiger partial charge in [-0.1, -0.05) is 0 Å². The summed E-state index contributed by atoms with van der Waals surface area (Å²) in [5, 5.41) is 15.1. The van der Waals surface area contributed by atoms with Crippen LogP contribution in [0.25, 0.3) is 0 Å². The Kier molecular flexibility index (Phi) is 8.00. The van der Waals surface area contributed by atoms with Crippen LogP contribution in [0.5, 0.6) is 0 Å². The Morgan fingerprint density at radius 3 is 1.96 bits per heavy atom. The molecule has 0 spiro atoms. The predicted octanol–water partition coefficient (Wildman–Crippen LogP) is -2.41. The quantitative estimate of drug-likeness (QED) is 0.210. The van der Waals surface area contributed by atoms with Crippen LogP contribution in [-0.2, 0) is 19.2 Å². The molecule has 4 amide bonds. The average Bonchev–Trinajstić information content (AvgIpc) is 2.58. The largest absolute Gasteiger partial charge is 0.370 e. The Balaban J connectivity index is 2.87. The van der Waals surface area contributed by atoms with E-state index in [-0.39, 0.29) is 17.8 Å². The third kappa shape index (κ3) is 6.76. The molecule has 1 aliphatic rings. The van der Waals surface area contributed by atoms with Gasteiger partial charge >= 0.3 is 0 Å². The van der Waals surface area contributed by atoms with Crippen molar-refractivity contribution in [3.8, 4) is 0 Å². The summed E-state index contributed by atoms with van der Waals surface area (Å²) in [6, 6.07) is -2.60. The Hall–Kier alpha value is -2.85. The maximum atomic E-state index is 12.7. The number of nitrogens with one attached hydrogen (secondary N) is 4. The molecule has 1 rings (SSSR count). The zero-order valence-electron chi connectivity index (χ0n) is 15.9.